The number of ketones is 9. The van der Waals surface area contributed by atoms with Gasteiger partial charge in [0.1, 0.15) is 51.7 Å². The molecule has 1 aliphatic heterocycles. The molecule has 19 rings (SSSR count). The highest BCUT2D eigenvalue weighted by Gasteiger charge is 2.22. The molecule has 1 heterocycles. The van der Waals surface area contributed by atoms with Gasteiger partial charge < -0.3 is 81.1 Å². The summed E-state index contributed by atoms with van der Waals surface area (Å²) in [6.07, 6.45) is 0. The summed E-state index contributed by atoms with van der Waals surface area (Å²) in [7, 11) is 0. The van der Waals surface area contributed by atoms with Crippen molar-refractivity contribution in [1.29, 1.82) is 0 Å². The van der Waals surface area contributed by atoms with Gasteiger partial charge >= 0.3 is 0 Å². The molecule has 18 aromatic rings. The minimum Gasteiger partial charge on any atom is -0.508 e. The lowest BCUT2D eigenvalue weighted by Crippen LogP contribution is -2.36. The van der Waals surface area contributed by atoms with Crippen molar-refractivity contribution < 1.29 is 119 Å². The second-order valence-electron chi connectivity index (χ2n) is 31.8. The van der Waals surface area contributed by atoms with Crippen molar-refractivity contribution in [2.75, 3.05) is 31.2 Å². The van der Waals surface area contributed by atoms with Gasteiger partial charge in [-0.05, 0) is 249 Å². The standard InChI is InChI=1S/C17H17NO2.C13H9ClO2.C13H10O4.4C13H10O3.2C13H10O2/c19-17(14-4-2-1-3-5-14)15-6-8-16(9-7-15)18-10-12-20-13-11-18;14-11-5-1-9(2-6-11)13(16)10-3-7-12(15)8-4-10;14-10-7-6-9(12(16)13(10)17)11(15)8-4-2-1-3-5-8;14-11-5-1-9(2-6-11)13(16)10-3-7-12(15)8-4-10;14-11-7-3-1-5-9(11)13(16)10-6-2-4-8-12(10)15;14-10-7-5-9(6-8-10)13(16)11-3-1-2-4-12(11)15;14-11-7-6-10(8-12(11)15)13(16)9-4-2-1-3-5-9;14-12-9-5-4-8-11(12)13(15)10-6-2-1-3-7-10;14-12-8-6-11(7-9-12)13(15)10-4-2-1-3-5-10/h1-9H,10-13H2;1-8,15H;1-7,14,16-17H;4*1-8,14-15H;2*1-9,14H. The van der Waals surface area contributed by atoms with Gasteiger partial charge in [-0.1, -0.05) is 212 Å². The predicted octanol–water partition coefficient (Wildman–Crippen LogP) is 22.6. The summed E-state index contributed by atoms with van der Waals surface area (Å²) in [6.45, 7) is 3.35. The van der Waals surface area contributed by atoms with Gasteiger partial charge in [-0.2, -0.15) is 0 Å². The summed E-state index contributed by atoms with van der Waals surface area (Å²) in [5.74, 6) is -3.42. The number of phenolic OH excluding ortho intramolecular Hbond substituents is 14. The van der Waals surface area contributed by atoms with E-state index in [1.54, 1.807) is 224 Å². The largest absolute Gasteiger partial charge is 0.508 e. The maximum absolute atomic E-state index is 12.3. The maximum atomic E-state index is 12.3. The molecule has 736 valence electrons. The van der Waals surface area contributed by atoms with Crippen LogP contribution >= 0.6 is 11.6 Å². The molecule has 0 spiro atoms. The van der Waals surface area contributed by atoms with Crippen molar-refractivity contribution in [3.63, 3.8) is 0 Å². The first kappa shape index (κ1) is 108. The highest BCUT2D eigenvalue weighted by Crippen LogP contribution is 2.39. The van der Waals surface area contributed by atoms with Gasteiger partial charge in [-0.25, -0.2) is 0 Å². The molecule has 0 radical (unpaired) electrons. The summed E-state index contributed by atoms with van der Waals surface area (Å²) >= 11 is 5.74. The molecule has 0 aliphatic carbocycles. The lowest BCUT2D eigenvalue weighted by molar-refractivity contribution is 0.102. The third-order valence-electron chi connectivity index (χ3n) is 21.6. The van der Waals surface area contributed by atoms with Gasteiger partial charge in [-0.15, -0.1) is 0 Å². The van der Waals surface area contributed by atoms with Crippen LogP contribution in [0.1, 0.15) is 143 Å². The van der Waals surface area contributed by atoms with Crippen molar-refractivity contribution in [3.05, 3.63) is 554 Å². The number of phenols is 14. The smallest absolute Gasteiger partial charge is 0.201 e. The number of halogens is 1. The van der Waals surface area contributed by atoms with E-state index in [-0.39, 0.29) is 126 Å². The van der Waals surface area contributed by atoms with Crippen LogP contribution in [0.15, 0.2) is 449 Å². The molecule has 25 nitrogen and oxygen atoms in total. The number of rotatable bonds is 19. The molecule has 1 aliphatic rings. The number of carbonyl (C=O) groups excluding carboxylic acids is 9. The van der Waals surface area contributed by atoms with Crippen molar-refractivity contribution in [1.82, 2.24) is 0 Å². The Hall–Kier alpha value is -19.8. The van der Waals surface area contributed by atoms with Crippen LogP contribution in [0.5, 0.6) is 80.5 Å². The molecular weight excluding hydrogens is 1890 g/mol. The number of nitrogens with zero attached hydrogens (tertiary/aromatic N) is 1. The Morgan fingerprint density at radius 3 is 0.687 bits per heavy atom. The number of benzene rings is 18. The SMILES string of the molecule is O=C(c1ccc(O)cc1)c1ccc(Cl)cc1.O=C(c1ccc(O)cc1)c1ccc(O)cc1.O=C(c1ccc(O)cc1)c1ccccc1O.O=C(c1ccccc1)c1ccc(N2CCOCC2)cc1.O=C(c1ccccc1)c1ccc(O)c(O)c1.O=C(c1ccccc1)c1ccc(O)c(O)c1O.O=C(c1ccccc1)c1ccc(O)cc1.O=C(c1ccccc1)c1ccccc1O.O=C(c1ccccc1O)c1ccccc1O. The van der Waals surface area contributed by atoms with Crippen molar-refractivity contribution in [2.45, 2.75) is 0 Å². The van der Waals surface area contributed by atoms with Crippen LogP contribution < -0.4 is 4.90 Å². The fourth-order valence-electron chi connectivity index (χ4n) is 13.8. The van der Waals surface area contributed by atoms with Crippen LogP contribution in [-0.2, 0) is 4.74 Å². The average molecular weight is 1980 g/mol. The normalized spacial score (nSPS) is 10.7. The zero-order valence-electron chi connectivity index (χ0n) is 78.2. The Labute approximate surface area is 849 Å². The number of aromatic hydroxyl groups is 14. The maximum Gasteiger partial charge on any atom is 0.201 e. The van der Waals surface area contributed by atoms with Crippen molar-refractivity contribution >= 4 is 69.3 Å². The Kier molecular flexibility index (Phi) is 39.7. The van der Waals surface area contributed by atoms with E-state index in [4.69, 9.17) is 52.1 Å². The Morgan fingerprint density at radius 2 is 0.401 bits per heavy atom. The summed E-state index contributed by atoms with van der Waals surface area (Å²) in [5.41, 5.74) is 9.19. The van der Waals surface area contributed by atoms with E-state index in [9.17, 15) is 78.9 Å². The number of ether oxygens (including phenoxy) is 1. The second-order valence-corrected chi connectivity index (χ2v) is 32.2. The third kappa shape index (κ3) is 31.6. The molecule has 0 amide bonds. The number of carbonyl (C=O) groups is 9. The minimum absolute atomic E-state index is 0.0198. The van der Waals surface area contributed by atoms with Gasteiger partial charge in [0, 0.05) is 96.1 Å². The summed E-state index contributed by atoms with van der Waals surface area (Å²) in [4.78, 5) is 110. The molecule has 147 heavy (non-hydrogen) atoms. The topological polar surface area (TPSA) is 449 Å². The van der Waals surface area contributed by atoms with Crippen LogP contribution in [-0.4, -0.2) is 150 Å². The number of para-hydroxylation sites is 4. The van der Waals surface area contributed by atoms with Crippen LogP contribution in [0.2, 0.25) is 5.02 Å². The molecule has 18 aromatic carbocycles. The fourth-order valence-corrected chi connectivity index (χ4v) is 13.9. The number of hydrogen-bond donors (Lipinski definition) is 14. The van der Waals surface area contributed by atoms with Gasteiger partial charge in [0.25, 0.3) is 0 Å². The predicted molar refractivity (Wildman–Crippen MR) is 558 cm³/mol. The molecule has 1 saturated heterocycles. The van der Waals surface area contributed by atoms with E-state index < -0.39 is 28.8 Å². The van der Waals surface area contributed by atoms with E-state index in [0.717, 1.165) is 49.2 Å². The summed E-state index contributed by atoms with van der Waals surface area (Å²) < 4.78 is 5.35. The van der Waals surface area contributed by atoms with Crippen LogP contribution in [0.3, 0.4) is 0 Å². The molecule has 0 saturated carbocycles. The highest BCUT2D eigenvalue weighted by molar-refractivity contribution is 6.30. The quantitative estimate of drug-likeness (QED) is 0.0264. The molecule has 0 aromatic heterocycles. The average Bonchev–Trinajstić information content (AvgIpc) is 0.811. The van der Waals surface area contributed by atoms with Crippen LogP contribution in [0, 0.1) is 0 Å². The van der Waals surface area contributed by atoms with Crippen molar-refractivity contribution in [3.8, 4) is 80.5 Å². The molecule has 26 heteroatoms. The Balaban J connectivity index is 0.000000157. The van der Waals surface area contributed by atoms with Gasteiger partial charge in [0.2, 0.25) is 5.75 Å². The summed E-state index contributed by atoms with van der Waals surface area (Å²) in [5, 5.41) is 131. The lowest BCUT2D eigenvalue weighted by atomic mass is 10.0. The zero-order valence-corrected chi connectivity index (χ0v) is 79.0. The van der Waals surface area contributed by atoms with E-state index in [1.165, 1.54) is 133 Å². The first-order valence-corrected chi connectivity index (χ1v) is 45.5. The van der Waals surface area contributed by atoms with Gasteiger partial charge in [0.15, 0.2) is 75.0 Å². The Morgan fingerprint density at radius 1 is 0.184 bits per heavy atom. The molecule has 0 atom stereocenters. The Bertz CT molecular complexity index is 7230. The van der Waals surface area contributed by atoms with Crippen LogP contribution in [0.25, 0.3) is 0 Å². The van der Waals surface area contributed by atoms with E-state index in [0.29, 0.717) is 71.8 Å². The molecule has 1 fully saturated rings. The zero-order chi connectivity index (χ0) is 105. The number of morpholine rings is 1. The van der Waals surface area contributed by atoms with Crippen LogP contribution in [0.4, 0.5) is 5.69 Å². The summed E-state index contributed by atoms with van der Waals surface area (Å²) in [6, 6.07) is 121. The molecular formula is C121H96ClNO24. The van der Waals surface area contributed by atoms with E-state index in [1.807, 2.05) is 84.9 Å². The minimum atomic E-state index is -0.688. The van der Waals surface area contributed by atoms with Gasteiger partial charge in [0.05, 0.1) is 41.0 Å². The van der Waals surface area contributed by atoms with E-state index in [2.05, 4.69) is 4.90 Å². The molecule has 14 N–H and O–H groups in total. The second kappa shape index (κ2) is 54.1. The number of anilines is 1. The first-order chi connectivity index (χ1) is 70.9. The van der Waals surface area contributed by atoms with E-state index >= 15 is 0 Å². The molecule has 0 unspecified atom stereocenters. The molecule has 0 bridgehead atoms. The van der Waals surface area contributed by atoms with Gasteiger partial charge in [-0.3, -0.25) is 43.2 Å². The highest BCUT2D eigenvalue weighted by atomic mass is 35.5. The lowest BCUT2D eigenvalue weighted by Gasteiger charge is -2.28. The van der Waals surface area contributed by atoms with Crippen molar-refractivity contribution in [2.24, 2.45) is 0 Å². The monoisotopic (exact) mass is 1980 g/mol. The fraction of sp³-hybridized carbons (Fsp3) is 0.0331. The third-order valence-corrected chi connectivity index (χ3v) is 21.9. The first-order valence-electron chi connectivity index (χ1n) is 45.1. The number of hydrogen-bond acceptors (Lipinski definition) is 25.